The smallest absolute Gasteiger partial charge is 0.258 e. The molecule has 1 saturated heterocycles. The Balaban J connectivity index is 1.67. The average Bonchev–Trinajstić information content (AvgIpc) is 2.77. The monoisotopic (exact) mass is 375 g/mol. The molecular formula is C19H25N3O5. The first-order valence-corrected chi connectivity index (χ1v) is 9.08. The molecule has 1 aromatic rings. The molecule has 2 aliphatic rings. The zero-order valence-corrected chi connectivity index (χ0v) is 15.7. The van der Waals surface area contributed by atoms with Crippen molar-refractivity contribution in [3.63, 3.8) is 0 Å². The third-order valence-corrected chi connectivity index (χ3v) is 4.87. The number of likely N-dealkylation sites (tertiary alicyclic amines) is 1. The van der Waals surface area contributed by atoms with E-state index in [2.05, 4.69) is 10.6 Å². The summed E-state index contributed by atoms with van der Waals surface area (Å²) in [5.74, 6) is -0.0206. The zero-order chi connectivity index (χ0) is 19.4. The highest BCUT2D eigenvalue weighted by molar-refractivity contribution is 5.98. The minimum absolute atomic E-state index is 0.0116. The Morgan fingerprint density at radius 2 is 2.19 bits per heavy atom. The SMILES string of the molecule is COCCNC(=O)CN1CCC2(CCC1=O)NC(=O)c1cc(C)ccc1O2. The molecule has 8 heteroatoms. The van der Waals surface area contributed by atoms with Gasteiger partial charge in [0.05, 0.1) is 18.7 Å². The lowest BCUT2D eigenvalue weighted by atomic mass is 9.99. The lowest BCUT2D eigenvalue weighted by Gasteiger charge is -2.38. The molecule has 0 aromatic heterocycles. The summed E-state index contributed by atoms with van der Waals surface area (Å²) in [6, 6.07) is 5.47. The molecule has 0 bridgehead atoms. The van der Waals surface area contributed by atoms with E-state index in [4.69, 9.17) is 9.47 Å². The van der Waals surface area contributed by atoms with Crippen LogP contribution in [0.4, 0.5) is 0 Å². The first-order valence-electron chi connectivity index (χ1n) is 9.08. The van der Waals surface area contributed by atoms with E-state index in [0.29, 0.717) is 43.9 Å². The van der Waals surface area contributed by atoms with Gasteiger partial charge in [0, 0.05) is 39.5 Å². The number of benzene rings is 1. The second-order valence-corrected chi connectivity index (χ2v) is 6.96. The Kier molecular flexibility index (Phi) is 5.65. The molecule has 1 atom stereocenters. The van der Waals surface area contributed by atoms with E-state index in [1.807, 2.05) is 13.0 Å². The van der Waals surface area contributed by atoms with Crippen molar-refractivity contribution in [3.05, 3.63) is 29.3 Å². The highest BCUT2D eigenvalue weighted by atomic mass is 16.5. The predicted octanol–water partition coefficient (Wildman–Crippen LogP) is 0.589. The quantitative estimate of drug-likeness (QED) is 0.734. The molecule has 2 N–H and O–H groups in total. The lowest BCUT2D eigenvalue weighted by Crippen LogP contribution is -2.56. The van der Waals surface area contributed by atoms with Crippen LogP contribution in [-0.2, 0) is 14.3 Å². The minimum atomic E-state index is -0.920. The predicted molar refractivity (Wildman–Crippen MR) is 97.3 cm³/mol. The zero-order valence-electron chi connectivity index (χ0n) is 15.7. The third-order valence-electron chi connectivity index (χ3n) is 4.87. The molecule has 2 heterocycles. The van der Waals surface area contributed by atoms with E-state index in [9.17, 15) is 14.4 Å². The summed E-state index contributed by atoms with van der Waals surface area (Å²) in [5, 5.41) is 5.64. The molecule has 1 fully saturated rings. The number of aryl methyl sites for hydroxylation is 1. The third kappa shape index (κ3) is 4.39. The van der Waals surface area contributed by atoms with Crippen LogP contribution in [0.15, 0.2) is 18.2 Å². The van der Waals surface area contributed by atoms with Crippen LogP contribution in [0.2, 0.25) is 0 Å². The summed E-state index contributed by atoms with van der Waals surface area (Å²) in [6.45, 7) is 3.05. The summed E-state index contributed by atoms with van der Waals surface area (Å²) in [5.41, 5.74) is 0.562. The Morgan fingerprint density at radius 1 is 1.37 bits per heavy atom. The highest BCUT2D eigenvalue weighted by Gasteiger charge is 2.42. The molecule has 2 aliphatic heterocycles. The highest BCUT2D eigenvalue weighted by Crippen LogP contribution is 2.34. The molecule has 0 aliphatic carbocycles. The van der Waals surface area contributed by atoms with Crippen LogP contribution >= 0.6 is 0 Å². The van der Waals surface area contributed by atoms with Gasteiger partial charge >= 0.3 is 0 Å². The number of carbonyl (C=O) groups is 3. The molecule has 146 valence electrons. The number of nitrogens with zero attached hydrogens (tertiary/aromatic N) is 1. The van der Waals surface area contributed by atoms with Crippen molar-refractivity contribution in [1.82, 2.24) is 15.5 Å². The first kappa shape index (κ1) is 19.2. The Labute approximate surface area is 158 Å². The number of hydrogen-bond acceptors (Lipinski definition) is 5. The number of carbonyl (C=O) groups excluding carboxylic acids is 3. The van der Waals surface area contributed by atoms with Gasteiger partial charge in [0.15, 0.2) is 5.72 Å². The maximum absolute atomic E-state index is 12.5. The van der Waals surface area contributed by atoms with Crippen molar-refractivity contribution in [2.75, 3.05) is 33.4 Å². The number of hydrogen-bond donors (Lipinski definition) is 2. The minimum Gasteiger partial charge on any atom is -0.467 e. The summed E-state index contributed by atoms with van der Waals surface area (Å²) in [6.07, 6.45) is 0.989. The molecule has 0 radical (unpaired) electrons. The van der Waals surface area contributed by atoms with Crippen molar-refractivity contribution in [1.29, 1.82) is 0 Å². The Hall–Kier alpha value is -2.61. The van der Waals surface area contributed by atoms with Gasteiger partial charge < -0.3 is 25.0 Å². The molecule has 1 spiro atoms. The maximum Gasteiger partial charge on any atom is 0.258 e. The normalized spacial score (nSPS) is 21.9. The van der Waals surface area contributed by atoms with Crippen molar-refractivity contribution in [2.45, 2.75) is 31.9 Å². The molecule has 3 amide bonds. The van der Waals surface area contributed by atoms with Crippen LogP contribution in [0.5, 0.6) is 5.75 Å². The topological polar surface area (TPSA) is 97.0 Å². The molecule has 3 rings (SSSR count). The van der Waals surface area contributed by atoms with Gasteiger partial charge in [-0.05, 0) is 19.1 Å². The molecule has 27 heavy (non-hydrogen) atoms. The van der Waals surface area contributed by atoms with Gasteiger partial charge in [-0.15, -0.1) is 0 Å². The second kappa shape index (κ2) is 7.96. The fourth-order valence-corrected chi connectivity index (χ4v) is 3.37. The van der Waals surface area contributed by atoms with Gasteiger partial charge in [-0.2, -0.15) is 0 Å². The molecule has 1 aromatic carbocycles. The molecule has 0 saturated carbocycles. The van der Waals surface area contributed by atoms with Gasteiger partial charge in [-0.1, -0.05) is 11.6 Å². The Bertz CT molecular complexity index is 751. The van der Waals surface area contributed by atoms with Gasteiger partial charge in [0.1, 0.15) is 5.75 Å². The number of amides is 3. The van der Waals surface area contributed by atoms with Crippen LogP contribution in [0, 0.1) is 6.92 Å². The summed E-state index contributed by atoms with van der Waals surface area (Å²) in [7, 11) is 1.56. The van der Waals surface area contributed by atoms with Gasteiger partial charge in [-0.25, -0.2) is 0 Å². The van der Waals surface area contributed by atoms with Crippen LogP contribution < -0.4 is 15.4 Å². The van der Waals surface area contributed by atoms with E-state index in [0.717, 1.165) is 5.56 Å². The van der Waals surface area contributed by atoms with E-state index in [1.165, 1.54) is 4.90 Å². The van der Waals surface area contributed by atoms with Crippen molar-refractivity contribution < 1.29 is 23.9 Å². The molecular weight excluding hydrogens is 350 g/mol. The fourth-order valence-electron chi connectivity index (χ4n) is 3.37. The number of ether oxygens (including phenoxy) is 2. The van der Waals surface area contributed by atoms with Gasteiger partial charge in [-0.3, -0.25) is 14.4 Å². The maximum atomic E-state index is 12.5. The second-order valence-electron chi connectivity index (χ2n) is 6.96. The number of fused-ring (bicyclic) bond motifs is 1. The molecule has 8 nitrogen and oxygen atoms in total. The average molecular weight is 375 g/mol. The van der Waals surface area contributed by atoms with Crippen LogP contribution in [0.25, 0.3) is 0 Å². The summed E-state index contributed by atoms with van der Waals surface area (Å²) < 4.78 is 11.0. The van der Waals surface area contributed by atoms with Crippen LogP contribution in [0.3, 0.4) is 0 Å². The Morgan fingerprint density at radius 3 is 2.96 bits per heavy atom. The van der Waals surface area contributed by atoms with Gasteiger partial charge in [0.25, 0.3) is 5.91 Å². The van der Waals surface area contributed by atoms with E-state index in [-0.39, 0.29) is 30.7 Å². The van der Waals surface area contributed by atoms with Crippen molar-refractivity contribution in [3.8, 4) is 5.75 Å². The summed E-state index contributed by atoms with van der Waals surface area (Å²) in [4.78, 5) is 38.5. The van der Waals surface area contributed by atoms with E-state index in [1.54, 1.807) is 19.2 Å². The van der Waals surface area contributed by atoms with E-state index < -0.39 is 5.72 Å². The standard InChI is InChI=1S/C19H25N3O5/c1-13-3-4-15-14(11-13)18(25)21-19(27-15)6-5-17(24)22(9-7-19)12-16(23)20-8-10-26-2/h3-4,11H,5-10,12H2,1-2H3,(H,20,23)(H,21,25). The molecule has 1 unspecified atom stereocenters. The number of methoxy groups -OCH3 is 1. The number of rotatable bonds is 5. The van der Waals surface area contributed by atoms with Crippen molar-refractivity contribution in [2.24, 2.45) is 0 Å². The lowest BCUT2D eigenvalue weighted by molar-refractivity contribution is -0.135. The van der Waals surface area contributed by atoms with Crippen LogP contribution in [0.1, 0.15) is 35.2 Å². The first-order chi connectivity index (χ1) is 12.9. The van der Waals surface area contributed by atoms with Crippen LogP contribution in [-0.4, -0.2) is 61.7 Å². The van der Waals surface area contributed by atoms with Gasteiger partial charge in [0.2, 0.25) is 11.8 Å². The number of nitrogens with one attached hydrogen (secondary N) is 2. The fraction of sp³-hybridized carbons (Fsp3) is 0.526. The van der Waals surface area contributed by atoms with Crippen molar-refractivity contribution >= 4 is 17.7 Å². The summed E-state index contributed by atoms with van der Waals surface area (Å²) >= 11 is 0. The largest absolute Gasteiger partial charge is 0.467 e. The van der Waals surface area contributed by atoms with E-state index >= 15 is 0 Å².